The average molecular weight is 275 g/mol. The van der Waals surface area contributed by atoms with Crippen LogP contribution in [0.15, 0.2) is 4.52 Å². The van der Waals surface area contributed by atoms with Gasteiger partial charge in [-0.1, -0.05) is 5.16 Å². The van der Waals surface area contributed by atoms with E-state index in [1.807, 2.05) is 18.4 Å². The van der Waals surface area contributed by atoms with Gasteiger partial charge < -0.3 is 4.52 Å². The van der Waals surface area contributed by atoms with Crippen LogP contribution in [0.3, 0.4) is 0 Å². The summed E-state index contributed by atoms with van der Waals surface area (Å²) < 4.78 is 7.04. The minimum atomic E-state index is -0.125. The molecule has 1 aliphatic heterocycles. The quantitative estimate of drug-likeness (QED) is 0.915. The van der Waals surface area contributed by atoms with E-state index in [1.54, 1.807) is 0 Å². The summed E-state index contributed by atoms with van der Waals surface area (Å²) in [6.07, 6.45) is 3.39. The first-order valence-corrected chi connectivity index (χ1v) is 6.79. The summed E-state index contributed by atoms with van der Waals surface area (Å²) in [4.78, 5) is 12.1. The van der Waals surface area contributed by atoms with Gasteiger partial charge in [-0.25, -0.2) is 0 Å². The molecule has 1 amide bonds. The number of amides is 1. The highest BCUT2D eigenvalue weighted by Crippen LogP contribution is 2.18. The molecule has 1 N–H and O–H groups in total. The van der Waals surface area contributed by atoms with Crippen molar-refractivity contribution in [1.29, 1.82) is 0 Å². The van der Waals surface area contributed by atoms with Crippen LogP contribution in [-0.2, 0) is 24.2 Å². The van der Waals surface area contributed by atoms with E-state index >= 15 is 0 Å². The summed E-state index contributed by atoms with van der Waals surface area (Å²) in [5.41, 5.74) is 1.59. The van der Waals surface area contributed by atoms with Gasteiger partial charge in [-0.05, 0) is 26.7 Å². The van der Waals surface area contributed by atoms with Crippen LogP contribution >= 0.6 is 0 Å². The van der Waals surface area contributed by atoms with Gasteiger partial charge in [0, 0.05) is 18.5 Å². The van der Waals surface area contributed by atoms with E-state index in [1.165, 1.54) is 0 Å². The summed E-state index contributed by atoms with van der Waals surface area (Å²) in [6.45, 7) is 4.50. The molecular formula is C13H17N5O2. The molecule has 0 saturated carbocycles. The van der Waals surface area contributed by atoms with Crippen LogP contribution in [0.2, 0.25) is 0 Å². The number of rotatable bonds is 3. The van der Waals surface area contributed by atoms with E-state index in [0.717, 1.165) is 42.9 Å². The summed E-state index contributed by atoms with van der Waals surface area (Å²) >= 11 is 0. The molecule has 2 aromatic rings. The Labute approximate surface area is 116 Å². The maximum absolute atomic E-state index is 12.1. The molecule has 0 aliphatic carbocycles. The highest BCUT2D eigenvalue weighted by Gasteiger charge is 2.19. The second kappa shape index (κ2) is 5.07. The Morgan fingerprint density at radius 2 is 2.20 bits per heavy atom. The lowest BCUT2D eigenvalue weighted by atomic mass is 10.1. The van der Waals surface area contributed by atoms with Gasteiger partial charge in [-0.2, -0.15) is 0 Å². The molecule has 0 radical (unpaired) electrons. The number of aromatic nitrogens is 4. The second-order valence-electron chi connectivity index (χ2n) is 5.08. The first-order valence-electron chi connectivity index (χ1n) is 6.79. The van der Waals surface area contributed by atoms with E-state index in [-0.39, 0.29) is 12.3 Å². The molecule has 0 atom stereocenters. The molecule has 3 rings (SSSR count). The number of hydrogen-bond acceptors (Lipinski definition) is 5. The Morgan fingerprint density at radius 1 is 1.35 bits per heavy atom. The van der Waals surface area contributed by atoms with Crippen molar-refractivity contribution in [3.05, 3.63) is 22.8 Å². The van der Waals surface area contributed by atoms with E-state index in [4.69, 9.17) is 4.52 Å². The van der Waals surface area contributed by atoms with Gasteiger partial charge in [0.25, 0.3) is 0 Å². The number of hydrogen-bond donors (Lipinski definition) is 1. The van der Waals surface area contributed by atoms with Gasteiger partial charge in [-0.3, -0.25) is 14.7 Å². The minimum Gasteiger partial charge on any atom is -0.361 e. The van der Waals surface area contributed by atoms with Crippen molar-refractivity contribution in [2.24, 2.45) is 0 Å². The lowest BCUT2D eigenvalue weighted by Crippen LogP contribution is -2.20. The zero-order chi connectivity index (χ0) is 14.1. The third-order valence-corrected chi connectivity index (χ3v) is 3.63. The Hall–Kier alpha value is -2.18. The van der Waals surface area contributed by atoms with Crippen LogP contribution in [0.25, 0.3) is 0 Å². The highest BCUT2D eigenvalue weighted by atomic mass is 16.5. The maximum atomic E-state index is 12.1. The van der Waals surface area contributed by atoms with Gasteiger partial charge in [0.15, 0.2) is 0 Å². The number of fused-ring (bicyclic) bond motifs is 1. The summed E-state index contributed by atoms with van der Waals surface area (Å²) in [5, 5.41) is 14.8. The number of aryl methyl sites for hydroxylation is 3. The number of nitrogens with one attached hydrogen (secondary N) is 1. The van der Waals surface area contributed by atoms with Crippen molar-refractivity contribution in [1.82, 2.24) is 19.9 Å². The standard InChI is InChI=1S/C13H17N5O2/c1-8-10(9(2)20-17-8)7-12(19)14-13-16-15-11-5-3-4-6-18(11)13/h3-7H2,1-2H3,(H,14,16,19). The fourth-order valence-corrected chi connectivity index (χ4v) is 2.48. The second-order valence-corrected chi connectivity index (χ2v) is 5.08. The van der Waals surface area contributed by atoms with Crippen molar-refractivity contribution in [2.75, 3.05) is 5.32 Å². The van der Waals surface area contributed by atoms with Crippen molar-refractivity contribution >= 4 is 11.9 Å². The summed E-state index contributed by atoms with van der Waals surface area (Å²) in [5.74, 6) is 2.04. The fraction of sp³-hybridized carbons (Fsp3) is 0.538. The van der Waals surface area contributed by atoms with Crippen LogP contribution in [0, 0.1) is 13.8 Å². The first kappa shape index (κ1) is 12.8. The minimum absolute atomic E-state index is 0.125. The number of anilines is 1. The molecule has 0 aromatic carbocycles. The van der Waals surface area contributed by atoms with Crippen LogP contribution < -0.4 is 5.32 Å². The predicted molar refractivity (Wildman–Crippen MR) is 71.3 cm³/mol. The van der Waals surface area contributed by atoms with E-state index < -0.39 is 0 Å². The molecule has 0 unspecified atom stereocenters. The maximum Gasteiger partial charge on any atom is 0.231 e. The molecule has 0 fully saturated rings. The van der Waals surface area contributed by atoms with E-state index in [9.17, 15) is 4.79 Å². The molecule has 7 nitrogen and oxygen atoms in total. The molecule has 7 heteroatoms. The van der Waals surface area contributed by atoms with E-state index in [0.29, 0.717) is 11.7 Å². The molecule has 0 bridgehead atoms. The predicted octanol–water partition coefficient (Wildman–Crippen LogP) is 1.40. The van der Waals surface area contributed by atoms with Crippen LogP contribution in [0.1, 0.15) is 35.7 Å². The number of nitrogens with zero attached hydrogens (tertiary/aromatic N) is 4. The SMILES string of the molecule is Cc1noc(C)c1CC(=O)Nc1nnc2n1CCCC2. The molecule has 20 heavy (non-hydrogen) atoms. The smallest absolute Gasteiger partial charge is 0.231 e. The van der Waals surface area contributed by atoms with Gasteiger partial charge in [0.1, 0.15) is 11.6 Å². The molecule has 3 heterocycles. The molecule has 1 aliphatic rings. The van der Waals surface area contributed by atoms with Crippen LogP contribution in [0.5, 0.6) is 0 Å². The molecule has 0 saturated heterocycles. The lowest BCUT2D eigenvalue weighted by Gasteiger charge is -2.14. The van der Waals surface area contributed by atoms with Gasteiger partial charge in [-0.15, -0.1) is 10.2 Å². The van der Waals surface area contributed by atoms with Crippen molar-refractivity contribution < 1.29 is 9.32 Å². The summed E-state index contributed by atoms with van der Waals surface area (Å²) in [7, 11) is 0. The largest absolute Gasteiger partial charge is 0.361 e. The lowest BCUT2D eigenvalue weighted by molar-refractivity contribution is -0.115. The van der Waals surface area contributed by atoms with Gasteiger partial charge >= 0.3 is 0 Å². The Bertz CT molecular complexity index is 624. The third-order valence-electron chi connectivity index (χ3n) is 3.63. The molecule has 106 valence electrons. The van der Waals surface area contributed by atoms with Crippen molar-refractivity contribution in [3.8, 4) is 0 Å². The Morgan fingerprint density at radius 3 is 2.95 bits per heavy atom. The van der Waals surface area contributed by atoms with Crippen molar-refractivity contribution in [2.45, 2.75) is 46.1 Å². The van der Waals surface area contributed by atoms with E-state index in [2.05, 4.69) is 20.7 Å². The molecular weight excluding hydrogens is 258 g/mol. The fourth-order valence-electron chi connectivity index (χ4n) is 2.48. The molecule has 2 aromatic heterocycles. The highest BCUT2D eigenvalue weighted by molar-refractivity contribution is 5.91. The van der Waals surface area contributed by atoms with Crippen LogP contribution in [0.4, 0.5) is 5.95 Å². The molecule has 0 spiro atoms. The zero-order valence-electron chi connectivity index (χ0n) is 11.6. The number of carbonyl (C=O) groups is 1. The number of carbonyl (C=O) groups excluding carboxylic acids is 1. The third kappa shape index (κ3) is 2.31. The Kier molecular flexibility index (Phi) is 3.25. The first-order chi connectivity index (χ1) is 9.65. The Balaban J connectivity index is 1.72. The van der Waals surface area contributed by atoms with Gasteiger partial charge in [0.2, 0.25) is 11.9 Å². The monoisotopic (exact) mass is 275 g/mol. The average Bonchev–Trinajstić information content (AvgIpc) is 2.98. The topological polar surface area (TPSA) is 85.8 Å². The van der Waals surface area contributed by atoms with Crippen LogP contribution in [-0.4, -0.2) is 25.8 Å². The van der Waals surface area contributed by atoms with Gasteiger partial charge in [0.05, 0.1) is 12.1 Å². The normalized spacial score (nSPS) is 14.1. The summed E-state index contributed by atoms with van der Waals surface area (Å²) in [6, 6.07) is 0. The van der Waals surface area contributed by atoms with Crippen molar-refractivity contribution in [3.63, 3.8) is 0 Å². The zero-order valence-corrected chi connectivity index (χ0v) is 11.6.